The van der Waals surface area contributed by atoms with E-state index in [4.69, 9.17) is 22.1 Å². The van der Waals surface area contributed by atoms with Gasteiger partial charge in [0.25, 0.3) is 10.0 Å². The molecule has 0 aliphatic rings. The molecule has 0 spiro atoms. The van der Waals surface area contributed by atoms with Gasteiger partial charge in [0.1, 0.15) is 16.7 Å². The van der Waals surface area contributed by atoms with Crippen LogP contribution in [0.2, 0.25) is 5.15 Å². The number of pyridine rings is 1. The Morgan fingerprint density at radius 3 is 2.65 bits per heavy atom. The molecule has 0 bridgehead atoms. The zero-order chi connectivity index (χ0) is 14.8. The highest BCUT2D eigenvalue weighted by molar-refractivity contribution is 7.92. The predicted octanol–water partition coefficient (Wildman–Crippen LogP) is 2.13. The summed E-state index contributed by atoms with van der Waals surface area (Å²) in [5, 5.41) is 0.194. The Kier molecular flexibility index (Phi) is 4.01. The summed E-state index contributed by atoms with van der Waals surface area (Å²) < 4.78 is 31.6. The van der Waals surface area contributed by atoms with Crippen molar-refractivity contribution < 1.29 is 13.2 Å². The van der Waals surface area contributed by atoms with Gasteiger partial charge in [-0.05, 0) is 30.3 Å². The van der Waals surface area contributed by atoms with E-state index < -0.39 is 10.0 Å². The van der Waals surface area contributed by atoms with E-state index in [0.29, 0.717) is 5.75 Å². The van der Waals surface area contributed by atoms with E-state index in [1.807, 2.05) is 0 Å². The number of aromatic nitrogens is 1. The van der Waals surface area contributed by atoms with Crippen LogP contribution in [0.15, 0.2) is 41.3 Å². The van der Waals surface area contributed by atoms with Crippen LogP contribution >= 0.6 is 11.6 Å². The highest BCUT2D eigenvalue weighted by atomic mass is 35.5. The summed E-state index contributed by atoms with van der Waals surface area (Å²) in [6.45, 7) is 0. The summed E-state index contributed by atoms with van der Waals surface area (Å²) in [5.74, 6) is 0.539. The minimum Gasteiger partial charge on any atom is -0.495 e. The summed E-state index contributed by atoms with van der Waals surface area (Å²) in [6.07, 6.45) is 0. The molecule has 1 heterocycles. The molecule has 0 saturated carbocycles. The van der Waals surface area contributed by atoms with E-state index in [1.54, 1.807) is 12.1 Å². The molecule has 0 fully saturated rings. The SMILES string of the molecule is COc1ccc(S(=O)(=O)Nc2cccc(Cl)n2)cc1N. The minimum atomic E-state index is -3.78. The summed E-state index contributed by atoms with van der Waals surface area (Å²) in [4.78, 5) is 3.87. The highest BCUT2D eigenvalue weighted by Crippen LogP contribution is 2.25. The number of sulfonamides is 1. The molecule has 0 aliphatic carbocycles. The fourth-order valence-corrected chi connectivity index (χ4v) is 2.74. The molecule has 1 aromatic carbocycles. The first kappa shape index (κ1) is 14.4. The maximum Gasteiger partial charge on any atom is 0.263 e. The minimum absolute atomic E-state index is 0.0116. The van der Waals surface area contributed by atoms with E-state index in [9.17, 15) is 8.42 Å². The fraction of sp³-hybridized carbons (Fsp3) is 0.0833. The summed E-state index contributed by atoms with van der Waals surface area (Å²) >= 11 is 5.70. The zero-order valence-corrected chi connectivity index (χ0v) is 12.1. The molecule has 20 heavy (non-hydrogen) atoms. The number of nitrogens with two attached hydrogens (primary N) is 1. The third-order valence-electron chi connectivity index (χ3n) is 2.47. The quantitative estimate of drug-likeness (QED) is 0.666. The largest absolute Gasteiger partial charge is 0.495 e. The van der Waals surface area contributed by atoms with Gasteiger partial charge in [-0.15, -0.1) is 0 Å². The number of hydrogen-bond donors (Lipinski definition) is 2. The fourth-order valence-electron chi connectivity index (χ4n) is 1.54. The smallest absolute Gasteiger partial charge is 0.263 e. The Labute approximate surface area is 121 Å². The van der Waals surface area contributed by atoms with Crippen LogP contribution in [0.3, 0.4) is 0 Å². The molecule has 6 nitrogen and oxygen atoms in total. The number of benzene rings is 1. The number of halogens is 1. The molecule has 2 rings (SSSR count). The van der Waals surface area contributed by atoms with Crippen LogP contribution < -0.4 is 15.2 Å². The first-order valence-electron chi connectivity index (χ1n) is 5.51. The second kappa shape index (κ2) is 5.56. The highest BCUT2D eigenvalue weighted by Gasteiger charge is 2.16. The zero-order valence-electron chi connectivity index (χ0n) is 10.5. The first-order chi connectivity index (χ1) is 9.42. The van der Waals surface area contributed by atoms with Crippen molar-refractivity contribution in [3.05, 3.63) is 41.6 Å². The number of ether oxygens (including phenoxy) is 1. The molecule has 0 unspecified atom stereocenters. The Morgan fingerprint density at radius 2 is 2.05 bits per heavy atom. The molecule has 0 radical (unpaired) electrons. The molecule has 0 atom stereocenters. The van der Waals surface area contributed by atoms with Gasteiger partial charge in [0, 0.05) is 0 Å². The number of anilines is 2. The van der Waals surface area contributed by atoms with Crippen LogP contribution in [0, 0.1) is 0 Å². The molecule has 0 saturated heterocycles. The van der Waals surface area contributed by atoms with Gasteiger partial charge in [-0.1, -0.05) is 17.7 Å². The van der Waals surface area contributed by atoms with Crippen LogP contribution in [0.4, 0.5) is 11.5 Å². The molecular weight excluding hydrogens is 302 g/mol. The van der Waals surface area contributed by atoms with E-state index in [2.05, 4.69) is 9.71 Å². The predicted molar refractivity (Wildman–Crippen MR) is 77.5 cm³/mol. The third-order valence-corrected chi connectivity index (χ3v) is 4.03. The van der Waals surface area contributed by atoms with E-state index >= 15 is 0 Å². The lowest BCUT2D eigenvalue weighted by Gasteiger charge is -2.10. The average Bonchev–Trinajstić information content (AvgIpc) is 2.38. The topological polar surface area (TPSA) is 94.3 Å². The van der Waals surface area contributed by atoms with Gasteiger partial charge in [0.05, 0.1) is 17.7 Å². The van der Waals surface area contributed by atoms with E-state index in [0.717, 1.165) is 0 Å². The van der Waals surface area contributed by atoms with Crippen molar-refractivity contribution in [2.45, 2.75) is 4.90 Å². The summed E-state index contributed by atoms with van der Waals surface area (Å²) in [6, 6.07) is 8.82. The Bertz CT molecular complexity index is 734. The summed E-state index contributed by atoms with van der Waals surface area (Å²) in [5.41, 5.74) is 5.92. The lowest BCUT2D eigenvalue weighted by molar-refractivity contribution is 0.416. The monoisotopic (exact) mass is 313 g/mol. The number of nitrogen functional groups attached to an aromatic ring is 1. The molecule has 8 heteroatoms. The van der Waals surface area contributed by atoms with Crippen LogP contribution in [-0.4, -0.2) is 20.5 Å². The van der Waals surface area contributed by atoms with Crippen molar-refractivity contribution >= 4 is 33.1 Å². The van der Waals surface area contributed by atoms with Crippen molar-refractivity contribution in [2.24, 2.45) is 0 Å². The number of hydrogen-bond acceptors (Lipinski definition) is 5. The van der Waals surface area contributed by atoms with Gasteiger partial charge < -0.3 is 10.5 Å². The number of nitrogens with one attached hydrogen (secondary N) is 1. The van der Waals surface area contributed by atoms with Gasteiger partial charge in [0.15, 0.2) is 0 Å². The first-order valence-corrected chi connectivity index (χ1v) is 7.37. The molecule has 106 valence electrons. The van der Waals surface area contributed by atoms with Gasteiger partial charge >= 0.3 is 0 Å². The van der Waals surface area contributed by atoms with E-state index in [1.165, 1.54) is 31.4 Å². The molecule has 0 amide bonds. The van der Waals surface area contributed by atoms with Crippen molar-refractivity contribution in [1.82, 2.24) is 4.98 Å². The van der Waals surface area contributed by atoms with Gasteiger partial charge in [-0.25, -0.2) is 13.4 Å². The lowest BCUT2D eigenvalue weighted by Crippen LogP contribution is -2.14. The summed E-state index contributed by atoms with van der Waals surface area (Å²) in [7, 11) is -2.33. The van der Waals surface area contributed by atoms with Crippen LogP contribution in [0.1, 0.15) is 0 Å². The molecule has 1 aromatic heterocycles. The van der Waals surface area contributed by atoms with Crippen molar-refractivity contribution in [3.8, 4) is 5.75 Å². The lowest BCUT2D eigenvalue weighted by atomic mass is 10.3. The maximum atomic E-state index is 12.2. The molecular formula is C12H12ClN3O3S. The van der Waals surface area contributed by atoms with Crippen LogP contribution in [0.5, 0.6) is 5.75 Å². The second-order valence-electron chi connectivity index (χ2n) is 3.85. The normalized spacial score (nSPS) is 11.1. The number of nitrogens with zero attached hydrogens (tertiary/aromatic N) is 1. The molecule has 2 aromatic rings. The van der Waals surface area contributed by atoms with Crippen LogP contribution in [-0.2, 0) is 10.0 Å². The second-order valence-corrected chi connectivity index (χ2v) is 5.92. The number of methoxy groups -OCH3 is 1. The van der Waals surface area contributed by atoms with Crippen molar-refractivity contribution in [2.75, 3.05) is 17.6 Å². The van der Waals surface area contributed by atoms with Crippen LogP contribution in [0.25, 0.3) is 0 Å². The van der Waals surface area contributed by atoms with Gasteiger partial charge in [-0.2, -0.15) is 0 Å². The van der Waals surface area contributed by atoms with Crippen molar-refractivity contribution in [1.29, 1.82) is 0 Å². The van der Waals surface area contributed by atoms with E-state index in [-0.39, 0.29) is 21.6 Å². The Hall–Kier alpha value is -1.99. The third kappa shape index (κ3) is 3.12. The van der Waals surface area contributed by atoms with Gasteiger partial charge in [0.2, 0.25) is 0 Å². The standard InChI is InChI=1S/C12H12ClN3O3S/c1-19-10-6-5-8(7-9(10)14)20(17,18)16-12-4-2-3-11(13)15-12/h2-7H,14H2,1H3,(H,15,16). The van der Waals surface area contributed by atoms with Crippen molar-refractivity contribution in [3.63, 3.8) is 0 Å². The Morgan fingerprint density at radius 1 is 1.30 bits per heavy atom. The average molecular weight is 314 g/mol. The molecule has 0 aliphatic heterocycles. The van der Waals surface area contributed by atoms with Gasteiger partial charge in [-0.3, -0.25) is 4.72 Å². The molecule has 3 N–H and O–H groups in total. The Balaban J connectivity index is 2.33. The maximum absolute atomic E-state index is 12.2. The number of rotatable bonds is 4.